The van der Waals surface area contributed by atoms with Crippen LogP contribution in [0.15, 0.2) is 72.9 Å². The molecule has 1 fully saturated rings. The largest absolute Gasteiger partial charge is 0.481 e. The first-order chi connectivity index (χ1) is 17.9. The van der Waals surface area contributed by atoms with Crippen LogP contribution in [-0.2, 0) is 33.1 Å². The van der Waals surface area contributed by atoms with E-state index in [2.05, 4.69) is 4.98 Å². The van der Waals surface area contributed by atoms with E-state index < -0.39 is 29.7 Å². The van der Waals surface area contributed by atoms with Gasteiger partial charge in [0.05, 0.1) is 38.4 Å². The van der Waals surface area contributed by atoms with Crippen molar-refractivity contribution in [3.05, 3.63) is 95.2 Å². The molecule has 2 amide bonds. The normalized spacial score (nSPS) is 18.8. The molecule has 1 aliphatic rings. The van der Waals surface area contributed by atoms with Crippen molar-refractivity contribution < 1.29 is 28.9 Å². The number of hydrogen-bond donors (Lipinski definition) is 1. The Hall–Kier alpha value is -3.75. The van der Waals surface area contributed by atoms with E-state index >= 15 is 0 Å². The zero-order valence-electron chi connectivity index (χ0n) is 21.3. The highest BCUT2D eigenvalue weighted by Gasteiger charge is 2.46. The lowest BCUT2D eigenvalue weighted by atomic mass is 9.85. The Kier molecular flexibility index (Phi) is 8.21. The number of cyclic esters (lactones) is 1. The minimum atomic E-state index is -1.58. The molecule has 0 bridgehead atoms. The van der Waals surface area contributed by atoms with E-state index in [9.17, 15) is 14.7 Å². The summed E-state index contributed by atoms with van der Waals surface area (Å²) in [7, 11) is 1.49. The third-order valence-corrected chi connectivity index (χ3v) is 6.76. The Bertz CT molecular complexity index is 1220. The summed E-state index contributed by atoms with van der Waals surface area (Å²) in [6, 6.07) is 20.2. The molecule has 1 N–H and O–H groups in total. The average Bonchev–Trinajstić information content (AvgIpc) is 3.23. The van der Waals surface area contributed by atoms with Crippen LogP contribution in [-0.4, -0.2) is 40.1 Å². The SMILES string of the molecule is CC[C@](O)(CC(=O)N1C(=O)O[C@H](c2ccccc2)[C@@H]1C)c1ccnc(OC)c1COCc1ccccc1. The Morgan fingerprint density at radius 1 is 1.08 bits per heavy atom. The number of nitrogens with zero attached hydrogens (tertiary/aromatic N) is 2. The molecule has 194 valence electrons. The standard InChI is InChI=1S/C29H32N2O6/c1-4-29(34,17-25(32)31-20(2)26(37-28(31)33)22-13-9-6-10-14-22)24-15-16-30-27(35-3)23(24)19-36-18-21-11-7-5-8-12-21/h5-16,20,26,34H,4,17-19H2,1-3H3/t20-,26-,29-/m0/s1. The number of ether oxygens (including phenoxy) is 3. The van der Waals surface area contributed by atoms with Crippen molar-refractivity contribution in [3.8, 4) is 5.88 Å². The van der Waals surface area contributed by atoms with Crippen LogP contribution in [0.3, 0.4) is 0 Å². The van der Waals surface area contributed by atoms with Crippen molar-refractivity contribution in [1.29, 1.82) is 0 Å². The van der Waals surface area contributed by atoms with Gasteiger partial charge in [-0.15, -0.1) is 0 Å². The van der Waals surface area contributed by atoms with E-state index in [0.717, 1.165) is 16.0 Å². The van der Waals surface area contributed by atoms with E-state index in [-0.39, 0.29) is 19.4 Å². The second kappa shape index (κ2) is 11.5. The van der Waals surface area contributed by atoms with Gasteiger partial charge in [-0.05, 0) is 36.1 Å². The molecule has 37 heavy (non-hydrogen) atoms. The summed E-state index contributed by atoms with van der Waals surface area (Å²) in [4.78, 5) is 31.5. The van der Waals surface area contributed by atoms with Crippen LogP contribution in [0.25, 0.3) is 0 Å². The van der Waals surface area contributed by atoms with E-state index in [1.165, 1.54) is 13.3 Å². The number of imide groups is 1. The third kappa shape index (κ3) is 5.65. The number of methoxy groups -OCH3 is 1. The van der Waals surface area contributed by atoms with Gasteiger partial charge >= 0.3 is 6.09 Å². The third-order valence-electron chi connectivity index (χ3n) is 6.76. The van der Waals surface area contributed by atoms with Gasteiger partial charge in [-0.25, -0.2) is 14.7 Å². The van der Waals surface area contributed by atoms with Crippen LogP contribution in [0.1, 0.15) is 55.0 Å². The summed E-state index contributed by atoms with van der Waals surface area (Å²) in [6.07, 6.45) is 0.136. The number of rotatable bonds is 10. The molecule has 1 aromatic heterocycles. The fourth-order valence-corrected chi connectivity index (χ4v) is 4.70. The van der Waals surface area contributed by atoms with Crippen LogP contribution < -0.4 is 4.74 Å². The van der Waals surface area contributed by atoms with E-state index in [1.54, 1.807) is 19.9 Å². The highest BCUT2D eigenvalue weighted by atomic mass is 16.6. The maximum Gasteiger partial charge on any atom is 0.417 e. The van der Waals surface area contributed by atoms with Gasteiger partial charge in [0, 0.05) is 11.8 Å². The molecule has 3 aromatic rings. The van der Waals surface area contributed by atoms with Crippen molar-refractivity contribution in [2.24, 2.45) is 0 Å². The van der Waals surface area contributed by atoms with Crippen LogP contribution in [0.4, 0.5) is 4.79 Å². The number of carbonyl (C=O) groups excluding carboxylic acids is 2. The number of amides is 2. The van der Waals surface area contributed by atoms with Crippen molar-refractivity contribution in [2.45, 2.75) is 57.6 Å². The summed E-state index contributed by atoms with van der Waals surface area (Å²) >= 11 is 0. The van der Waals surface area contributed by atoms with Crippen LogP contribution in [0, 0.1) is 0 Å². The van der Waals surface area contributed by atoms with E-state index in [0.29, 0.717) is 23.6 Å². The maximum atomic E-state index is 13.4. The predicted octanol–water partition coefficient (Wildman–Crippen LogP) is 4.90. The molecule has 8 heteroatoms. The van der Waals surface area contributed by atoms with Crippen molar-refractivity contribution in [3.63, 3.8) is 0 Å². The van der Waals surface area contributed by atoms with Gasteiger partial charge < -0.3 is 19.3 Å². The topological polar surface area (TPSA) is 98.2 Å². The van der Waals surface area contributed by atoms with Gasteiger partial charge in [0.25, 0.3) is 0 Å². The first-order valence-corrected chi connectivity index (χ1v) is 12.3. The van der Waals surface area contributed by atoms with Crippen LogP contribution in [0.5, 0.6) is 5.88 Å². The fourth-order valence-electron chi connectivity index (χ4n) is 4.70. The molecule has 0 radical (unpaired) electrons. The summed E-state index contributed by atoms with van der Waals surface area (Å²) in [5, 5.41) is 11.8. The lowest BCUT2D eigenvalue weighted by molar-refractivity contribution is -0.135. The second-order valence-electron chi connectivity index (χ2n) is 9.11. The molecule has 3 atom stereocenters. The number of aromatic nitrogens is 1. The van der Waals surface area contributed by atoms with Gasteiger partial charge in [0.15, 0.2) is 0 Å². The van der Waals surface area contributed by atoms with Gasteiger partial charge in [0.2, 0.25) is 11.8 Å². The monoisotopic (exact) mass is 504 g/mol. The number of pyridine rings is 1. The lowest BCUT2D eigenvalue weighted by Gasteiger charge is -2.31. The van der Waals surface area contributed by atoms with E-state index in [4.69, 9.17) is 14.2 Å². The number of carbonyl (C=O) groups is 2. The lowest BCUT2D eigenvalue weighted by Crippen LogP contribution is -2.42. The molecule has 8 nitrogen and oxygen atoms in total. The zero-order valence-corrected chi connectivity index (χ0v) is 21.3. The Labute approximate surface area is 216 Å². The molecular weight excluding hydrogens is 472 g/mol. The van der Waals surface area contributed by atoms with Crippen molar-refractivity contribution in [1.82, 2.24) is 9.88 Å². The zero-order chi connectivity index (χ0) is 26.4. The minimum Gasteiger partial charge on any atom is -0.481 e. The smallest absolute Gasteiger partial charge is 0.417 e. The number of aliphatic hydroxyl groups is 1. The highest BCUT2D eigenvalue weighted by Crippen LogP contribution is 2.38. The quantitative estimate of drug-likeness (QED) is 0.419. The summed E-state index contributed by atoms with van der Waals surface area (Å²) in [5.41, 5.74) is 1.26. The first kappa shape index (κ1) is 26.3. The molecule has 2 heterocycles. The highest BCUT2D eigenvalue weighted by molar-refractivity contribution is 5.94. The predicted molar refractivity (Wildman–Crippen MR) is 137 cm³/mol. The molecule has 1 saturated heterocycles. The fraction of sp³-hybridized carbons (Fsp3) is 0.345. The summed E-state index contributed by atoms with van der Waals surface area (Å²) < 4.78 is 16.9. The number of benzene rings is 2. The van der Waals surface area contributed by atoms with Crippen molar-refractivity contribution in [2.75, 3.05) is 7.11 Å². The van der Waals surface area contributed by atoms with Crippen molar-refractivity contribution >= 4 is 12.0 Å². The molecule has 0 unspecified atom stereocenters. The Morgan fingerprint density at radius 3 is 2.41 bits per heavy atom. The minimum absolute atomic E-state index is 0.121. The Balaban J connectivity index is 1.55. The average molecular weight is 505 g/mol. The van der Waals surface area contributed by atoms with Gasteiger partial charge in [-0.1, -0.05) is 67.6 Å². The van der Waals surface area contributed by atoms with Gasteiger partial charge in [-0.2, -0.15) is 0 Å². The van der Waals surface area contributed by atoms with Gasteiger partial charge in [0.1, 0.15) is 6.10 Å². The summed E-state index contributed by atoms with van der Waals surface area (Å²) in [5.74, 6) is -0.213. The maximum absolute atomic E-state index is 13.4. The Morgan fingerprint density at radius 2 is 1.76 bits per heavy atom. The van der Waals surface area contributed by atoms with Gasteiger partial charge in [-0.3, -0.25) is 4.79 Å². The molecule has 0 saturated carbocycles. The first-order valence-electron chi connectivity index (χ1n) is 12.3. The molecule has 0 spiro atoms. The molecule has 1 aliphatic heterocycles. The van der Waals surface area contributed by atoms with Crippen LogP contribution in [0.2, 0.25) is 0 Å². The summed E-state index contributed by atoms with van der Waals surface area (Å²) in [6.45, 7) is 4.03. The molecule has 2 aromatic carbocycles. The number of hydrogen-bond acceptors (Lipinski definition) is 7. The molecule has 0 aliphatic carbocycles. The van der Waals surface area contributed by atoms with E-state index in [1.807, 2.05) is 60.7 Å². The molecule has 4 rings (SSSR count). The molecular formula is C29H32N2O6. The second-order valence-corrected chi connectivity index (χ2v) is 9.11. The van der Waals surface area contributed by atoms with Crippen LogP contribution >= 0.6 is 0 Å².